The van der Waals surface area contributed by atoms with Gasteiger partial charge in [-0.15, -0.1) is 0 Å². The second kappa shape index (κ2) is 9.12. The van der Waals surface area contributed by atoms with E-state index in [0.29, 0.717) is 24.5 Å². The molecule has 1 aromatic rings. The first kappa shape index (κ1) is 20.7. The molecule has 1 amide bonds. The maximum atomic E-state index is 12.7. The van der Waals surface area contributed by atoms with Crippen molar-refractivity contribution in [2.75, 3.05) is 26.9 Å². The molecule has 1 aromatic carbocycles. The summed E-state index contributed by atoms with van der Waals surface area (Å²) >= 11 is 0. The molecule has 3 aliphatic heterocycles. The Morgan fingerprint density at radius 3 is 2.87 bits per heavy atom. The number of carbonyl (C=O) groups excluding carboxylic acids is 1. The Labute approximate surface area is 183 Å². The quantitative estimate of drug-likeness (QED) is 0.753. The van der Waals surface area contributed by atoms with E-state index in [1.54, 1.807) is 19.2 Å². The lowest BCUT2D eigenvalue weighted by atomic mass is 9.85. The Hall–Kier alpha value is -2.19. The van der Waals surface area contributed by atoms with Gasteiger partial charge >= 0.3 is 0 Å². The first-order chi connectivity index (χ1) is 15.2. The van der Waals surface area contributed by atoms with E-state index in [1.165, 1.54) is 32.1 Å². The van der Waals surface area contributed by atoms with E-state index in [9.17, 15) is 4.79 Å². The minimum Gasteiger partial charge on any atom is -0.497 e. The third-order valence-corrected chi connectivity index (χ3v) is 7.12. The van der Waals surface area contributed by atoms with Crippen LogP contribution in [0.5, 0.6) is 5.75 Å². The van der Waals surface area contributed by atoms with Gasteiger partial charge in [-0.25, -0.2) is 0 Å². The van der Waals surface area contributed by atoms with Crippen LogP contribution < -0.4 is 10.1 Å². The van der Waals surface area contributed by atoms with E-state index in [0.717, 1.165) is 18.9 Å². The van der Waals surface area contributed by atoms with Crippen molar-refractivity contribution < 1.29 is 19.0 Å². The molecule has 8 heteroatoms. The smallest absolute Gasteiger partial charge is 0.251 e. The largest absolute Gasteiger partial charge is 0.497 e. The monoisotopic (exact) mass is 428 g/mol. The van der Waals surface area contributed by atoms with Crippen LogP contribution >= 0.6 is 0 Å². The Morgan fingerprint density at radius 1 is 1.19 bits per heavy atom. The fourth-order valence-electron chi connectivity index (χ4n) is 5.43. The molecule has 0 bridgehead atoms. The van der Waals surface area contributed by atoms with Gasteiger partial charge in [0.2, 0.25) is 0 Å². The third-order valence-electron chi connectivity index (χ3n) is 7.12. The Kier molecular flexibility index (Phi) is 6.09. The number of hydrogen-bond donors (Lipinski definition) is 1. The summed E-state index contributed by atoms with van der Waals surface area (Å²) in [7, 11) is 1.59. The van der Waals surface area contributed by atoms with Gasteiger partial charge in [0.1, 0.15) is 24.0 Å². The molecule has 1 aliphatic carbocycles. The molecular formula is C23H32N4O4. The molecule has 4 aliphatic rings. The van der Waals surface area contributed by atoms with Crippen molar-refractivity contribution in [3.63, 3.8) is 0 Å². The third kappa shape index (κ3) is 4.41. The van der Waals surface area contributed by atoms with Crippen molar-refractivity contribution >= 4 is 5.91 Å². The van der Waals surface area contributed by atoms with Crippen LogP contribution in [0.3, 0.4) is 0 Å². The average molecular weight is 429 g/mol. The first-order valence-corrected chi connectivity index (χ1v) is 11.6. The summed E-state index contributed by atoms with van der Waals surface area (Å²) < 4.78 is 17.4. The van der Waals surface area contributed by atoms with Gasteiger partial charge in [-0.1, -0.05) is 43.4 Å². The van der Waals surface area contributed by atoms with E-state index in [-0.39, 0.29) is 36.2 Å². The van der Waals surface area contributed by atoms with E-state index in [4.69, 9.17) is 14.2 Å². The Morgan fingerprint density at radius 2 is 2.03 bits per heavy atom. The van der Waals surface area contributed by atoms with Crippen LogP contribution in [0.1, 0.15) is 48.9 Å². The zero-order chi connectivity index (χ0) is 21.2. The SMILES string of the molecule is COc1cccc(C(=O)NC2COC3C2OCC3N2CC(CC3CCCCC3)N=N2)c1. The van der Waals surface area contributed by atoms with E-state index in [1.807, 2.05) is 12.1 Å². The van der Waals surface area contributed by atoms with Gasteiger partial charge in [0.25, 0.3) is 5.91 Å². The number of methoxy groups -OCH3 is 1. The molecule has 3 fully saturated rings. The van der Waals surface area contributed by atoms with Crippen LogP contribution in [0.25, 0.3) is 0 Å². The van der Waals surface area contributed by atoms with E-state index < -0.39 is 0 Å². The lowest BCUT2D eigenvalue weighted by Crippen LogP contribution is -2.46. The minimum absolute atomic E-state index is 0.0591. The maximum absolute atomic E-state index is 12.7. The average Bonchev–Trinajstić information content (AvgIpc) is 3.52. The highest BCUT2D eigenvalue weighted by molar-refractivity contribution is 5.94. The zero-order valence-electron chi connectivity index (χ0n) is 18.1. The summed E-state index contributed by atoms with van der Waals surface area (Å²) in [6.07, 6.45) is 7.65. The van der Waals surface area contributed by atoms with E-state index in [2.05, 4.69) is 20.7 Å². The predicted molar refractivity (Wildman–Crippen MR) is 114 cm³/mol. The summed E-state index contributed by atoms with van der Waals surface area (Å²) in [6.45, 7) is 1.84. The van der Waals surface area contributed by atoms with Crippen LogP contribution in [-0.2, 0) is 9.47 Å². The number of fused-ring (bicyclic) bond motifs is 1. The molecule has 5 unspecified atom stereocenters. The molecule has 1 saturated carbocycles. The van der Waals surface area contributed by atoms with Crippen molar-refractivity contribution in [1.29, 1.82) is 0 Å². The molecule has 0 aromatic heterocycles. The van der Waals surface area contributed by atoms with Crippen LogP contribution in [0.2, 0.25) is 0 Å². The number of carbonyl (C=O) groups is 1. The van der Waals surface area contributed by atoms with Crippen LogP contribution in [0, 0.1) is 5.92 Å². The molecule has 0 radical (unpaired) electrons. The summed E-state index contributed by atoms with van der Waals surface area (Å²) in [6, 6.07) is 7.31. The highest BCUT2D eigenvalue weighted by Gasteiger charge is 2.51. The molecule has 3 heterocycles. The zero-order valence-corrected chi connectivity index (χ0v) is 18.1. The lowest BCUT2D eigenvalue weighted by molar-refractivity contribution is 0.0422. The molecule has 5 rings (SSSR count). The number of nitrogens with zero attached hydrogens (tertiary/aromatic N) is 3. The molecule has 8 nitrogen and oxygen atoms in total. The maximum Gasteiger partial charge on any atom is 0.251 e. The van der Waals surface area contributed by atoms with Crippen LogP contribution in [0.4, 0.5) is 0 Å². The first-order valence-electron chi connectivity index (χ1n) is 11.6. The molecule has 31 heavy (non-hydrogen) atoms. The predicted octanol–water partition coefficient (Wildman–Crippen LogP) is 2.98. The number of ether oxygens (including phenoxy) is 3. The highest BCUT2D eigenvalue weighted by Crippen LogP contribution is 2.34. The van der Waals surface area contributed by atoms with Gasteiger partial charge in [0.15, 0.2) is 0 Å². The van der Waals surface area contributed by atoms with Crippen molar-refractivity contribution in [3.8, 4) is 5.75 Å². The lowest BCUT2D eigenvalue weighted by Gasteiger charge is -2.26. The molecule has 2 saturated heterocycles. The van der Waals surface area contributed by atoms with Crippen LogP contribution in [0.15, 0.2) is 34.6 Å². The molecule has 168 valence electrons. The standard InChI is InChI=1S/C23H32N4O4/c1-29-18-9-5-8-16(11-18)23(28)24-19-13-30-22-20(14-31-21(19)22)27-12-17(25-26-27)10-15-6-3-2-4-7-15/h5,8-9,11,15,17,19-22H,2-4,6-7,10,12-14H2,1H3,(H,24,28). The van der Waals surface area contributed by atoms with Crippen molar-refractivity contribution in [3.05, 3.63) is 29.8 Å². The second-order valence-corrected chi connectivity index (χ2v) is 9.20. The van der Waals surface area contributed by atoms with Gasteiger partial charge in [0, 0.05) is 5.56 Å². The minimum atomic E-state index is -0.175. The summed E-state index contributed by atoms with van der Waals surface area (Å²) in [4.78, 5) is 12.7. The van der Waals surface area contributed by atoms with Crippen molar-refractivity contribution in [2.45, 2.75) is 68.9 Å². The number of hydrogen-bond acceptors (Lipinski definition) is 7. The fraction of sp³-hybridized carbons (Fsp3) is 0.696. The molecular weight excluding hydrogens is 396 g/mol. The number of amides is 1. The summed E-state index contributed by atoms with van der Waals surface area (Å²) in [5.41, 5.74) is 0.566. The van der Waals surface area contributed by atoms with Gasteiger partial charge in [-0.05, 0) is 30.5 Å². The highest BCUT2D eigenvalue weighted by atomic mass is 16.6. The van der Waals surface area contributed by atoms with Gasteiger partial charge in [-0.3, -0.25) is 9.80 Å². The second-order valence-electron chi connectivity index (χ2n) is 9.20. The Bertz CT molecular complexity index is 813. The Balaban J connectivity index is 1.15. The van der Waals surface area contributed by atoms with Gasteiger partial charge in [-0.2, -0.15) is 5.11 Å². The van der Waals surface area contributed by atoms with Gasteiger partial charge in [0.05, 0.1) is 39.0 Å². The number of nitrogens with one attached hydrogen (secondary N) is 1. The van der Waals surface area contributed by atoms with Gasteiger partial charge < -0.3 is 19.5 Å². The number of benzene rings is 1. The van der Waals surface area contributed by atoms with Crippen molar-refractivity contribution in [2.24, 2.45) is 16.3 Å². The summed E-state index contributed by atoms with van der Waals surface area (Å²) in [5, 5.41) is 14.2. The number of rotatable bonds is 6. The topological polar surface area (TPSA) is 84.8 Å². The molecule has 1 N–H and O–H groups in total. The molecule has 5 atom stereocenters. The van der Waals surface area contributed by atoms with E-state index >= 15 is 0 Å². The normalized spacial score (nSPS) is 32.9. The molecule has 0 spiro atoms. The summed E-state index contributed by atoms with van der Waals surface area (Å²) in [5.74, 6) is 1.31. The fourth-order valence-corrected chi connectivity index (χ4v) is 5.43. The van der Waals surface area contributed by atoms with Crippen molar-refractivity contribution in [1.82, 2.24) is 10.3 Å². The van der Waals surface area contributed by atoms with Crippen LogP contribution in [-0.4, -0.2) is 68.1 Å².